The summed E-state index contributed by atoms with van der Waals surface area (Å²) in [7, 11) is 3.08. The molecule has 1 aliphatic carbocycles. The lowest BCUT2D eigenvalue weighted by Gasteiger charge is -2.09. The van der Waals surface area contributed by atoms with Crippen molar-refractivity contribution in [3.05, 3.63) is 44.6 Å². The van der Waals surface area contributed by atoms with Crippen LogP contribution in [0.4, 0.5) is 0 Å². The monoisotopic (exact) mass is 416 g/mol. The number of thiophene rings is 1. The average Bonchev–Trinajstić information content (AvgIpc) is 3.10. The lowest BCUT2D eigenvalue weighted by molar-refractivity contribution is 0.102. The molecule has 0 atom stereocenters. The van der Waals surface area contributed by atoms with Crippen LogP contribution in [0.5, 0.6) is 11.5 Å². The van der Waals surface area contributed by atoms with E-state index in [4.69, 9.17) is 9.47 Å². The summed E-state index contributed by atoms with van der Waals surface area (Å²) in [6, 6.07) is 5.07. The lowest BCUT2D eigenvalue weighted by atomic mass is 9.97. The molecule has 0 saturated carbocycles. The predicted octanol–water partition coefficient (Wildman–Crippen LogP) is 3.86. The third kappa shape index (κ3) is 3.54. The Morgan fingerprint density at radius 2 is 2.00 bits per heavy atom. The predicted molar refractivity (Wildman–Crippen MR) is 111 cm³/mol. The number of aromatic amines is 1. The van der Waals surface area contributed by atoms with Gasteiger partial charge in [0.1, 0.15) is 4.83 Å². The van der Waals surface area contributed by atoms with Gasteiger partial charge in [0, 0.05) is 10.4 Å². The minimum Gasteiger partial charge on any atom is -0.493 e. The minimum atomic E-state index is -0.106. The van der Waals surface area contributed by atoms with Gasteiger partial charge >= 0.3 is 0 Å². The van der Waals surface area contributed by atoms with E-state index in [9.17, 15) is 9.59 Å². The molecular formula is C20H20N2O4S2. The second-order valence-corrected chi connectivity index (χ2v) is 8.59. The Hall–Kier alpha value is -2.32. The number of nitrogens with zero attached hydrogens (tertiary/aromatic N) is 1. The Bertz CT molecular complexity index is 1100. The molecule has 0 bridgehead atoms. The first-order chi connectivity index (χ1) is 13.6. The number of Topliss-reactive ketones (excluding diaryl/α,β-unsaturated/α-hetero) is 1. The number of aromatic nitrogens is 2. The van der Waals surface area contributed by atoms with Gasteiger partial charge in [0.05, 0.1) is 25.4 Å². The Morgan fingerprint density at radius 3 is 2.79 bits per heavy atom. The van der Waals surface area contributed by atoms with Crippen molar-refractivity contribution in [2.24, 2.45) is 0 Å². The number of nitrogens with one attached hydrogen (secondary N) is 1. The Labute approximate surface area is 170 Å². The topological polar surface area (TPSA) is 81.3 Å². The SMILES string of the molecule is COc1ccc(C(=O)CSc2nc3sc4c(c3c(=O)[nH]2)CCCC4)cc1OC. The fourth-order valence-electron chi connectivity index (χ4n) is 3.44. The quantitative estimate of drug-likeness (QED) is 0.373. The minimum absolute atomic E-state index is 0.0702. The summed E-state index contributed by atoms with van der Waals surface area (Å²) >= 11 is 2.85. The van der Waals surface area contributed by atoms with E-state index in [1.165, 1.54) is 30.2 Å². The molecule has 1 aromatic carbocycles. The number of carbonyl (C=O) groups excluding carboxylic acids is 1. The summed E-state index contributed by atoms with van der Waals surface area (Å²) in [6.07, 6.45) is 4.26. The molecule has 0 spiro atoms. The Balaban J connectivity index is 1.54. The number of aryl methyl sites for hydroxylation is 2. The van der Waals surface area contributed by atoms with Crippen LogP contribution < -0.4 is 15.0 Å². The highest BCUT2D eigenvalue weighted by molar-refractivity contribution is 7.99. The van der Waals surface area contributed by atoms with Crippen molar-refractivity contribution in [3.8, 4) is 11.5 Å². The largest absolute Gasteiger partial charge is 0.493 e. The van der Waals surface area contributed by atoms with E-state index in [0.717, 1.165) is 35.0 Å². The second-order valence-electron chi connectivity index (χ2n) is 6.54. The summed E-state index contributed by atoms with van der Waals surface area (Å²) in [4.78, 5) is 34.6. The fraction of sp³-hybridized carbons (Fsp3) is 0.350. The number of carbonyl (C=O) groups is 1. The van der Waals surface area contributed by atoms with E-state index in [1.807, 2.05) is 0 Å². The van der Waals surface area contributed by atoms with Crippen molar-refractivity contribution in [1.82, 2.24) is 9.97 Å². The number of rotatable bonds is 6. The van der Waals surface area contributed by atoms with Gasteiger partial charge in [0.15, 0.2) is 22.4 Å². The second kappa shape index (κ2) is 7.97. The van der Waals surface area contributed by atoms with Crippen molar-refractivity contribution in [2.75, 3.05) is 20.0 Å². The molecule has 4 rings (SSSR count). The molecular weight excluding hydrogens is 396 g/mol. The van der Waals surface area contributed by atoms with Gasteiger partial charge in [-0.15, -0.1) is 11.3 Å². The van der Waals surface area contributed by atoms with Crippen LogP contribution in [0.1, 0.15) is 33.6 Å². The van der Waals surface area contributed by atoms with Gasteiger partial charge in [-0.05, 0) is 49.4 Å². The number of H-pyrrole nitrogens is 1. The van der Waals surface area contributed by atoms with E-state index >= 15 is 0 Å². The van der Waals surface area contributed by atoms with Crippen molar-refractivity contribution in [1.29, 1.82) is 0 Å². The number of hydrogen-bond acceptors (Lipinski definition) is 7. The third-order valence-electron chi connectivity index (χ3n) is 4.85. The number of benzene rings is 1. The highest BCUT2D eigenvalue weighted by Gasteiger charge is 2.20. The summed E-state index contributed by atoms with van der Waals surface area (Å²) in [5, 5.41) is 1.21. The number of ketones is 1. The first kappa shape index (κ1) is 19.0. The molecule has 6 nitrogen and oxygen atoms in total. The van der Waals surface area contributed by atoms with E-state index in [0.29, 0.717) is 22.2 Å². The molecule has 0 aliphatic heterocycles. The first-order valence-corrected chi connectivity index (χ1v) is 10.8. The normalized spacial score (nSPS) is 13.4. The average molecular weight is 417 g/mol. The molecule has 2 aromatic heterocycles. The van der Waals surface area contributed by atoms with Gasteiger partial charge < -0.3 is 14.5 Å². The summed E-state index contributed by atoms with van der Waals surface area (Å²) in [5.41, 5.74) is 1.59. The van der Waals surface area contributed by atoms with E-state index in [-0.39, 0.29) is 17.1 Å². The molecule has 3 aromatic rings. The zero-order chi connectivity index (χ0) is 19.7. The summed E-state index contributed by atoms with van der Waals surface area (Å²) in [5.74, 6) is 1.19. The number of methoxy groups -OCH3 is 2. The summed E-state index contributed by atoms with van der Waals surface area (Å²) < 4.78 is 10.4. The highest BCUT2D eigenvalue weighted by atomic mass is 32.2. The third-order valence-corrected chi connectivity index (χ3v) is 6.91. The molecule has 146 valence electrons. The van der Waals surface area contributed by atoms with E-state index in [1.54, 1.807) is 36.6 Å². The van der Waals surface area contributed by atoms with Crippen molar-refractivity contribution < 1.29 is 14.3 Å². The smallest absolute Gasteiger partial charge is 0.260 e. The first-order valence-electron chi connectivity index (χ1n) is 9.03. The molecule has 2 heterocycles. The van der Waals surface area contributed by atoms with Crippen LogP contribution in [0.2, 0.25) is 0 Å². The van der Waals surface area contributed by atoms with Crippen molar-refractivity contribution in [3.63, 3.8) is 0 Å². The number of thioether (sulfide) groups is 1. The van der Waals surface area contributed by atoms with Crippen LogP contribution in [0.3, 0.4) is 0 Å². The molecule has 1 N–H and O–H groups in total. The van der Waals surface area contributed by atoms with Crippen LogP contribution in [-0.4, -0.2) is 35.7 Å². The van der Waals surface area contributed by atoms with Gasteiger partial charge in [-0.25, -0.2) is 4.98 Å². The molecule has 28 heavy (non-hydrogen) atoms. The molecule has 1 aliphatic rings. The maximum Gasteiger partial charge on any atom is 0.260 e. The van der Waals surface area contributed by atoms with Gasteiger partial charge in [-0.3, -0.25) is 9.59 Å². The zero-order valence-electron chi connectivity index (χ0n) is 15.7. The van der Waals surface area contributed by atoms with Crippen LogP contribution in [0.25, 0.3) is 10.2 Å². The molecule has 0 amide bonds. The Kier molecular flexibility index (Phi) is 5.41. The van der Waals surface area contributed by atoms with Gasteiger partial charge in [0.2, 0.25) is 0 Å². The van der Waals surface area contributed by atoms with Crippen LogP contribution in [-0.2, 0) is 12.8 Å². The van der Waals surface area contributed by atoms with Crippen LogP contribution in [0.15, 0.2) is 28.2 Å². The van der Waals surface area contributed by atoms with Crippen molar-refractivity contribution in [2.45, 2.75) is 30.8 Å². The molecule has 0 unspecified atom stereocenters. The molecule has 0 saturated heterocycles. The van der Waals surface area contributed by atoms with Gasteiger partial charge in [-0.1, -0.05) is 11.8 Å². The summed E-state index contributed by atoms with van der Waals surface area (Å²) in [6.45, 7) is 0. The van der Waals surface area contributed by atoms with Crippen molar-refractivity contribution >= 4 is 39.1 Å². The zero-order valence-corrected chi connectivity index (χ0v) is 17.3. The standard InChI is InChI=1S/C20H20N2O4S2/c1-25-14-8-7-11(9-15(14)26-2)13(23)10-27-20-21-18(24)17-12-5-3-4-6-16(12)28-19(17)22-20/h7-9H,3-6,10H2,1-2H3,(H,21,22,24). The maximum absolute atomic E-state index is 12.6. The highest BCUT2D eigenvalue weighted by Crippen LogP contribution is 2.34. The molecule has 0 fully saturated rings. The van der Waals surface area contributed by atoms with E-state index in [2.05, 4.69) is 9.97 Å². The number of hydrogen-bond donors (Lipinski definition) is 1. The van der Waals surface area contributed by atoms with Crippen LogP contribution in [0, 0.1) is 0 Å². The Morgan fingerprint density at radius 1 is 1.21 bits per heavy atom. The lowest BCUT2D eigenvalue weighted by Crippen LogP contribution is -2.12. The van der Waals surface area contributed by atoms with Gasteiger partial charge in [0.25, 0.3) is 5.56 Å². The maximum atomic E-state index is 12.6. The fourth-order valence-corrected chi connectivity index (χ4v) is 5.51. The van der Waals surface area contributed by atoms with E-state index < -0.39 is 0 Å². The number of ether oxygens (including phenoxy) is 2. The molecule has 8 heteroatoms. The molecule has 0 radical (unpaired) electrons. The van der Waals surface area contributed by atoms with Crippen LogP contribution >= 0.6 is 23.1 Å². The number of fused-ring (bicyclic) bond motifs is 3. The van der Waals surface area contributed by atoms with Gasteiger partial charge in [-0.2, -0.15) is 0 Å².